The Morgan fingerprint density at radius 1 is 1.23 bits per heavy atom. The fourth-order valence-corrected chi connectivity index (χ4v) is 4.82. The van der Waals surface area contributed by atoms with Gasteiger partial charge in [0.15, 0.2) is 16.7 Å². The zero-order chi connectivity index (χ0) is 25.1. The molecule has 2 N–H and O–H groups in total. The summed E-state index contributed by atoms with van der Waals surface area (Å²) in [4.78, 5) is 19.8. The Morgan fingerprint density at radius 2 is 1.97 bits per heavy atom. The van der Waals surface area contributed by atoms with E-state index < -0.39 is 12.0 Å². The molecule has 35 heavy (non-hydrogen) atoms. The number of hydrogen-bond acceptors (Lipinski definition) is 9. The SMILES string of the molecule is COc1cc([C@H]2C(C(=O)OC(C)C)=C(C)N=C3SC(C#N)=C(N)N32)ccc1OCc1ccccc1. The molecule has 2 heterocycles. The molecule has 4 rings (SSSR count). The van der Waals surface area contributed by atoms with E-state index in [1.807, 2.05) is 42.5 Å². The van der Waals surface area contributed by atoms with E-state index in [4.69, 9.17) is 19.9 Å². The number of rotatable bonds is 7. The molecule has 9 heteroatoms. The molecule has 2 aliphatic heterocycles. The van der Waals surface area contributed by atoms with Crippen molar-refractivity contribution in [1.29, 1.82) is 5.26 Å². The normalized spacial score (nSPS) is 17.2. The van der Waals surface area contributed by atoms with Crippen LogP contribution in [0.2, 0.25) is 0 Å². The Bertz CT molecular complexity index is 1280. The smallest absolute Gasteiger partial charge is 0.338 e. The number of amidine groups is 1. The standard InChI is InChI=1S/C26H26N4O4S/c1-15(2)34-25(31)22-16(3)29-26-30(24(28)21(13-27)35-26)23(22)18-10-11-19(20(12-18)32-4)33-14-17-8-6-5-7-9-17/h5-12,15,23H,14,28H2,1-4H3/t23-/m0/s1. The molecular formula is C26H26N4O4S. The molecule has 0 spiro atoms. The molecule has 1 atom stereocenters. The van der Waals surface area contributed by atoms with Crippen LogP contribution >= 0.6 is 11.8 Å². The van der Waals surface area contributed by atoms with E-state index in [0.29, 0.717) is 39.4 Å². The second-order valence-electron chi connectivity index (χ2n) is 8.23. The van der Waals surface area contributed by atoms with Crippen molar-refractivity contribution in [3.63, 3.8) is 0 Å². The molecule has 2 aromatic carbocycles. The summed E-state index contributed by atoms with van der Waals surface area (Å²) in [6.07, 6.45) is -0.312. The maximum Gasteiger partial charge on any atom is 0.338 e. The number of carbonyl (C=O) groups is 1. The van der Waals surface area contributed by atoms with Gasteiger partial charge in [0.25, 0.3) is 0 Å². The molecule has 0 aliphatic carbocycles. The first kappa shape index (κ1) is 24.2. The lowest BCUT2D eigenvalue weighted by molar-refractivity contribution is -0.143. The van der Waals surface area contributed by atoms with E-state index in [1.165, 1.54) is 11.8 Å². The monoisotopic (exact) mass is 490 g/mol. The van der Waals surface area contributed by atoms with Crippen molar-refractivity contribution in [2.24, 2.45) is 10.7 Å². The summed E-state index contributed by atoms with van der Waals surface area (Å²) in [7, 11) is 1.56. The summed E-state index contributed by atoms with van der Waals surface area (Å²) in [5, 5.41) is 10.1. The Kier molecular flexibility index (Phi) is 7.03. The number of nitrogens with two attached hydrogens (primary N) is 1. The number of ether oxygens (including phenoxy) is 3. The van der Waals surface area contributed by atoms with Gasteiger partial charge in [0.1, 0.15) is 23.4 Å². The van der Waals surface area contributed by atoms with Crippen LogP contribution < -0.4 is 15.2 Å². The van der Waals surface area contributed by atoms with E-state index >= 15 is 0 Å². The van der Waals surface area contributed by atoms with Crippen molar-refractivity contribution in [3.8, 4) is 17.6 Å². The number of fused-ring (bicyclic) bond motifs is 1. The first-order valence-corrected chi connectivity index (χ1v) is 11.9. The highest BCUT2D eigenvalue weighted by molar-refractivity contribution is 8.17. The van der Waals surface area contributed by atoms with Crippen molar-refractivity contribution in [2.75, 3.05) is 7.11 Å². The van der Waals surface area contributed by atoms with Crippen LogP contribution in [0.1, 0.15) is 37.9 Å². The number of methoxy groups -OCH3 is 1. The number of nitriles is 1. The third-order valence-corrected chi connectivity index (χ3v) is 6.46. The number of hydrogen-bond donors (Lipinski definition) is 1. The van der Waals surface area contributed by atoms with Gasteiger partial charge < -0.3 is 19.9 Å². The molecule has 8 nitrogen and oxygen atoms in total. The summed E-state index contributed by atoms with van der Waals surface area (Å²) in [6, 6.07) is 16.8. The van der Waals surface area contributed by atoms with Gasteiger partial charge in [-0.2, -0.15) is 5.26 Å². The first-order valence-electron chi connectivity index (χ1n) is 11.1. The summed E-state index contributed by atoms with van der Waals surface area (Å²) in [5.74, 6) is 0.823. The maximum absolute atomic E-state index is 13.2. The van der Waals surface area contributed by atoms with Crippen molar-refractivity contribution >= 4 is 22.9 Å². The van der Waals surface area contributed by atoms with Crippen LogP contribution in [0.3, 0.4) is 0 Å². The predicted octanol–water partition coefficient (Wildman–Crippen LogP) is 4.61. The molecule has 0 radical (unpaired) electrons. The topological polar surface area (TPSA) is 110 Å². The van der Waals surface area contributed by atoms with E-state index in [0.717, 1.165) is 11.1 Å². The average Bonchev–Trinajstić information content (AvgIpc) is 3.16. The average molecular weight is 491 g/mol. The van der Waals surface area contributed by atoms with Crippen LogP contribution in [0.5, 0.6) is 11.5 Å². The number of benzene rings is 2. The summed E-state index contributed by atoms with van der Waals surface area (Å²) >= 11 is 1.18. The number of aliphatic imine (C=N–C) groups is 1. The van der Waals surface area contributed by atoms with E-state index in [9.17, 15) is 10.1 Å². The van der Waals surface area contributed by atoms with E-state index in [-0.39, 0.29) is 11.9 Å². The zero-order valence-electron chi connectivity index (χ0n) is 19.9. The van der Waals surface area contributed by atoms with E-state index in [2.05, 4.69) is 11.1 Å². The third kappa shape index (κ3) is 4.84. The van der Waals surface area contributed by atoms with Crippen molar-refractivity contribution in [2.45, 2.75) is 39.5 Å². The van der Waals surface area contributed by atoms with Crippen LogP contribution in [0.25, 0.3) is 0 Å². The van der Waals surface area contributed by atoms with Gasteiger partial charge in [-0.3, -0.25) is 4.90 Å². The number of esters is 1. The number of thioether (sulfide) groups is 1. The Morgan fingerprint density at radius 3 is 2.63 bits per heavy atom. The van der Waals surface area contributed by atoms with Crippen LogP contribution in [-0.4, -0.2) is 29.3 Å². The second kappa shape index (κ2) is 10.2. The van der Waals surface area contributed by atoms with Crippen LogP contribution in [0.4, 0.5) is 0 Å². The number of carbonyl (C=O) groups excluding carboxylic acids is 1. The van der Waals surface area contributed by atoms with Crippen LogP contribution in [0.15, 0.2) is 75.5 Å². The van der Waals surface area contributed by atoms with Gasteiger partial charge in [-0.15, -0.1) is 0 Å². The molecule has 0 saturated heterocycles. The molecule has 0 bridgehead atoms. The van der Waals surface area contributed by atoms with Gasteiger partial charge in [-0.05, 0) is 55.8 Å². The molecule has 0 aromatic heterocycles. The number of allylic oxidation sites excluding steroid dienone is 2. The molecule has 2 aromatic rings. The third-order valence-electron chi connectivity index (χ3n) is 5.48. The Labute approximate surface area is 208 Å². The van der Waals surface area contributed by atoms with Crippen molar-refractivity contribution in [3.05, 3.63) is 81.7 Å². The molecule has 0 fully saturated rings. The van der Waals surface area contributed by atoms with Gasteiger partial charge >= 0.3 is 5.97 Å². The highest BCUT2D eigenvalue weighted by Gasteiger charge is 2.43. The highest BCUT2D eigenvalue weighted by Crippen LogP contribution is 2.46. The van der Waals surface area contributed by atoms with Crippen molar-refractivity contribution in [1.82, 2.24) is 4.90 Å². The molecule has 0 unspecified atom stereocenters. The molecule has 0 saturated carbocycles. The lowest BCUT2D eigenvalue weighted by atomic mass is 9.94. The number of nitrogens with zero attached hydrogens (tertiary/aromatic N) is 3. The first-order chi connectivity index (χ1) is 16.8. The van der Waals surface area contributed by atoms with Gasteiger partial charge in [0.2, 0.25) is 0 Å². The predicted molar refractivity (Wildman–Crippen MR) is 134 cm³/mol. The van der Waals surface area contributed by atoms with Gasteiger partial charge in [-0.1, -0.05) is 36.4 Å². The summed E-state index contributed by atoms with van der Waals surface area (Å²) in [5.41, 5.74) is 8.95. The summed E-state index contributed by atoms with van der Waals surface area (Å²) < 4.78 is 17.2. The quantitative estimate of drug-likeness (QED) is 0.560. The maximum atomic E-state index is 13.2. The fourth-order valence-electron chi connectivity index (χ4n) is 3.90. The Balaban J connectivity index is 1.75. The molecule has 2 aliphatic rings. The largest absolute Gasteiger partial charge is 0.493 e. The highest BCUT2D eigenvalue weighted by atomic mass is 32.2. The van der Waals surface area contributed by atoms with Gasteiger partial charge in [0.05, 0.1) is 30.5 Å². The van der Waals surface area contributed by atoms with Crippen LogP contribution in [0, 0.1) is 11.3 Å². The Hall–Kier alpha value is -3.90. The van der Waals surface area contributed by atoms with E-state index in [1.54, 1.807) is 38.8 Å². The lowest BCUT2D eigenvalue weighted by Gasteiger charge is -2.35. The minimum atomic E-state index is -0.649. The van der Waals surface area contributed by atoms with Gasteiger partial charge in [0, 0.05) is 0 Å². The van der Waals surface area contributed by atoms with Crippen molar-refractivity contribution < 1.29 is 19.0 Å². The van der Waals surface area contributed by atoms with Gasteiger partial charge in [-0.25, -0.2) is 9.79 Å². The molecular weight excluding hydrogens is 464 g/mol. The molecule has 180 valence electrons. The van der Waals surface area contributed by atoms with Crippen LogP contribution in [-0.2, 0) is 16.1 Å². The summed E-state index contributed by atoms with van der Waals surface area (Å²) in [6.45, 7) is 5.71. The second-order valence-corrected chi connectivity index (χ2v) is 9.21. The fraction of sp³-hybridized carbons (Fsp3) is 0.269. The minimum Gasteiger partial charge on any atom is -0.493 e. The zero-order valence-corrected chi connectivity index (χ0v) is 20.8. The molecule has 0 amide bonds. The minimum absolute atomic E-state index is 0.243. The lowest BCUT2D eigenvalue weighted by Crippen LogP contribution is -2.39.